The van der Waals surface area contributed by atoms with E-state index in [1.165, 1.54) is 0 Å². The molecule has 3 aromatic rings. The molecule has 180 valence electrons. The van der Waals surface area contributed by atoms with E-state index >= 15 is 0 Å². The second kappa shape index (κ2) is 13.3. The van der Waals surface area contributed by atoms with Crippen molar-refractivity contribution in [1.29, 1.82) is 0 Å². The highest BCUT2D eigenvalue weighted by Gasteiger charge is 2.17. The fourth-order valence-corrected chi connectivity index (χ4v) is 3.35. The highest BCUT2D eigenvalue weighted by Crippen LogP contribution is 2.28. The third-order valence-electron chi connectivity index (χ3n) is 5.28. The van der Waals surface area contributed by atoms with Gasteiger partial charge in [-0.2, -0.15) is 0 Å². The van der Waals surface area contributed by atoms with Crippen LogP contribution >= 0.6 is 0 Å². The number of unbranched alkanes of at least 4 members (excludes halogenated alkanes) is 2. The summed E-state index contributed by atoms with van der Waals surface area (Å²) in [5, 5.41) is 0. The van der Waals surface area contributed by atoms with Gasteiger partial charge in [-0.15, -0.1) is 0 Å². The predicted molar refractivity (Wildman–Crippen MR) is 134 cm³/mol. The number of carbonyl (C=O) groups is 1. The lowest BCUT2D eigenvalue weighted by Gasteiger charge is -2.14. The molecule has 0 aromatic heterocycles. The van der Waals surface area contributed by atoms with Crippen LogP contribution in [0.5, 0.6) is 23.0 Å². The molecular formula is C28H33NO5. The summed E-state index contributed by atoms with van der Waals surface area (Å²) in [6.07, 6.45) is 3.91. The van der Waals surface area contributed by atoms with E-state index in [-0.39, 0.29) is 0 Å². The predicted octanol–water partition coefficient (Wildman–Crippen LogP) is 5.88. The maximum atomic E-state index is 12.9. The Hall–Kier alpha value is -3.51. The Morgan fingerprint density at radius 1 is 0.765 bits per heavy atom. The SMILES string of the molecule is CCCCCOc1ccc(C(=O)Oc2ccc(-c3ccc(OC)cc3)cc2)c(OCCCN)c1. The van der Waals surface area contributed by atoms with Crippen LogP contribution in [0.15, 0.2) is 66.7 Å². The third-order valence-corrected chi connectivity index (χ3v) is 5.28. The highest BCUT2D eigenvalue weighted by molar-refractivity contribution is 5.94. The number of esters is 1. The van der Waals surface area contributed by atoms with Crippen molar-refractivity contribution < 1.29 is 23.7 Å². The minimum Gasteiger partial charge on any atom is -0.497 e. The van der Waals surface area contributed by atoms with Gasteiger partial charge in [0.05, 0.1) is 20.3 Å². The lowest BCUT2D eigenvalue weighted by Crippen LogP contribution is -2.13. The van der Waals surface area contributed by atoms with Gasteiger partial charge < -0.3 is 24.7 Å². The van der Waals surface area contributed by atoms with E-state index in [0.29, 0.717) is 49.0 Å². The molecule has 0 bridgehead atoms. The number of carbonyl (C=O) groups excluding carboxylic acids is 1. The largest absolute Gasteiger partial charge is 0.497 e. The van der Waals surface area contributed by atoms with Gasteiger partial charge in [-0.3, -0.25) is 0 Å². The van der Waals surface area contributed by atoms with Crippen LogP contribution < -0.4 is 24.7 Å². The minimum absolute atomic E-state index is 0.345. The maximum Gasteiger partial charge on any atom is 0.347 e. The first-order valence-corrected chi connectivity index (χ1v) is 11.7. The molecule has 3 rings (SSSR count). The van der Waals surface area contributed by atoms with E-state index in [0.717, 1.165) is 36.1 Å². The number of ether oxygens (including phenoxy) is 4. The molecule has 0 saturated carbocycles. The van der Waals surface area contributed by atoms with E-state index < -0.39 is 5.97 Å². The maximum absolute atomic E-state index is 12.9. The lowest BCUT2D eigenvalue weighted by molar-refractivity contribution is 0.0730. The zero-order chi connectivity index (χ0) is 24.2. The molecule has 0 fully saturated rings. The molecule has 3 aromatic carbocycles. The molecule has 0 aliphatic carbocycles. The fraction of sp³-hybridized carbons (Fsp3) is 0.321. The monoisotopic (exact) mass is 463 g/mol. The van der Waals surface area contributed by atoms with Crippen molar-refractivity contribution in [3.05, 3.63) is 72.3 Å². The molecule has 0 radical (unpaired) electrons. The first-order chi connectivity index (χ1) is 16.6. The van der Waals surface area contributed by atoms with Crippen molar-refractivity contribution in [3.8, 4) is 34.1 Å². The summed E-state index contributed by atoms with van der Waals surface area (Å²) in [7, 11) is 1.64. The molecule has 0 heterocycles. The van der Waals surface area contributed by atoms with Crippen molar-refractivity contribution in [3.63, 3.8) is 0 Å². The minimum atomic E-state index is -0.488. The summed E-state index contributed by atoms with van der Waals surface area (Å²) in [4.78, 5) is 12.9. The van der Waals surface area contributed by atoms with Gasteiger partial charge in [-0.25, -0.2) is 4.79 Å². The van der Waals surface area contributed by atoms with Gasteiger partial charge in [0.1, 0.15) is 28.6 Å². The molecule has 0 aliphatic heterocycles. The summed E-state index contributed by atoms with van der Waals surface area (Å²) in [5.74, 6) is 1.87. The van der Waals surface area contributed by atoms with Crippen molar-refractivity contribution in [2.24, 2.45) is 5.73 Å². The molecule has 0 saturated heterocycles. The van der Waals surface area contributed by atoms with E-state index in [1.807, 2.05) is 36.4 Å². The smallest absolute Gasteiger partial charge is 0.347 e. The Morgan fingerprint density at radius 2 is 1.38 bits per heavy atom. The molecule has 6 nitrogen and oxygen atoms in total. The van der Waals surface area contributed by atoms with Gasteiger partial charge in [-0.1, -0.05) is 44.0 Å². The highest BCUT2D eigenvalue weighted by atomic mass is 16.5. The van der Waals surface area contributed by atoms with E-state index in [9.17, 15) is 4.79 Å². The Bertz CT molecular complexity index is 1030. The van der Waals surface area contributed by atoms with Gasteiger partial charge in [0.25, 0.3) is 0 Å². The van der Waals surface area contributed by atoms with Gasteiger partial charge in [0.2, 0.25) is 0 Å². The van der Waals surface area contributed by atoms with Crippen LogP contribution in [0.2, 0.25) is 0 Å². The van der Waals surface area contributed by atoms with Crippen molar-refractivity contribution in [2.75, 3.05) is 26.9 Å². The van der Waals surface area contributed by atoms with E-state index in [2.05, 4.69) is 6.92 Å². The summed E-state index contributed by atoms with van der Waals surface area (Å²) in [5.41, 5.74) is 7.98. The quantitative estimate of drug-likeness (QED) is 0.194. The number of rotatable bonds is 13. The Kier molecular flexibility index (Phi) is 9.80. The molecule has 6 heteroatoms. The van der Waals surface area contributed by atoms with Crippen LogP contribution in [0.1, 0.15) is 43.0 Å². The Labute approximate surface area is 201 Å². The molecular weight excluding hydrogens is 430 g/mol. The molecule has 0 atom stereocenters. The number of hydrogen-bond acceptors (Lipinski definition) is 6. The van der Waals surface area contributed by atoms with Gasteiger partial charge in [0, 0.05) is 6.07 Å². The summed E-state index contributed by atoms with van der Waals surface area (Å²) in [6.45, 7) is 3.69. The average Bonchev–Trinajstić information content (AvgIpc) is 2.87. The van der Waals surface area contributed by atoms with Crippen LogP contribution in [-0.4, -0.2) is 32.8 Å². The standard InChI is InChI=1S/C28H33NO5/c1-3-4-5-18-32-25-15-16-26(27(20-25)33-19-6-17-29)28(30)34-24-13-9-22(10-14-24)21-7-11-23(31-2)12-8-21/h7-16,20H,3-6,17-19,29H2,1-2H3. The average molecular weight is 464 g/mol. The Balaban J connectivity index is 1.70. The van der Waals surface area contributed by atoms with Crippen LogP contribution in [0.25, 0.3) is 11.1 Å². The number of methoxy groups -OCH3 is 1. The van der Waals surface area contributed by atoms with Crippen LogP contribution in [0.4, 0.5) is 0 Å². The number of benzene rings is 3. The van der Waals surface area contributed by atoms with Crippen molar-refractivity contribution in [2.45, 2.75) is 32.6 Å². The second-order valence-corrected chi connectivity index (χ2v) is 7.85. The number of nitrogens with two attached hydrogens (primary N) is 1. The molecule has 0 unspecified atom stereocenters. The Morgan fingerprint density at radius 3 is 2.00 bits per heavy atom. The fourth-order valence-electron chi connectivity index (χ4n) is 3.35. The second-order valence-electron chi connectivity index (χ2n) is 7.85. The third kappa shape index (κ3) is 7.25. The summed E-state index contributed by atoms with van der Waals surface area (Å²) in [6, 6.07) is 20.4. The van der Waals surface area contributed by atoms with Gasteiger partial charge in [-0.05, 0) is 66.9 Å². The number of hydrogen-bond donors (Lipinski definition) is 1. The van der Waals surface area contributed by atoms with Crippen LogP contribution in [0.3, 0.4) is 0 Å². The summed E-state index contributed by atoms with van der Waals surface area (Å²) >= 11 is 0. The first-order valence-electron chi connectivity index (χ1n) is 11.7. The molecule has 34 heavy (non-hydrogen) atoms. The molecule has 2 N–H and O–H groups in total. The zero-order valence-corrected chi connectivity index (χ0v) is 19.9. The zero-order valence-electron chi connectivity index (χ0n) is 19.9. The van der Waals surface area contributed by atoms with E-state index in [1.54, 1.807) is 37.4 Å². The van der Waals surface area contributed by atoms with Crippen LogP contribution in [-0.2, 0) is 0 Å². The van der Waals surface area contributed by atoms with Crippen molar-refractivity contribution >= 4 is 5.97 Å². The molecule has 0 amide bonds. The van der Waals surface area contributed by atoms with Crippen molar-refractivity contribution in [1.82, 2.24) is 0 Å². The van der Waals surface area contributed by atoms with E-state index in [4.69, 9.17) is 24.7 Å². The molecule has 0 spiro atoms. The first kappa shape index (κ1) is 25.1. The summed E-state index contributed by atoms with van der Waals surface area (Å²) < 4.78 is 22.5. The van der Waals surface area contributed by atoms with Gasteiger partial charge in [0.15, 0.2) is 0 Å². The topological polar surface area (TPSA) is 80.0 Å². The molecule has 0 aliphatic rings. The lowest BCUT2D eigenvalue weighted by atomic mass is 10.1. The normalized spacial score (nSPS) is 10.6. The van der Waals surface area contributed by atoms with Gasteiger partial charge >= 0.3 is 5.97 Å². The van der Waals surface area contributed by atoms with Crippen LogP contribution in [0, 0.1) is 0 Å².